The van der Waals surface area contributed by atoms with E-state index in [1.807, 2.05) is 6.26 Å². The highest BCUT2D eigenvalue weighted by atomic mass is 32.2. The van der Waals surface area contributed by atoms with Gasteiger partial charge in [0, 0.05) is 10.6 Å². The third-order valence-electron chi connectivity index (χ3n) is 3.34. The van der Waals surface area contributed by atoms with Crippen LogP contribution in [-0.2, 0) is 9.53 Å². The summed E-state index contributed by atoms with van der Waals surface area (Å²) in [5, 5.41) is 2.64. The van der Waals surface area contributed by atoms with E-state index >= 15 is 0 Å². The number of carbonyl (C=O) groups is 2. The molecule has 0 heterocycles. The Balaban J connectivity index is 1.93. The number of carbonyl (C=O) groups excluding carboxylic acids is 2. The van der Waals surface area contributed by atoms with Crippen LogP contribution in [0.15, 0.2) is 47.4 Å². The quantitative estimate of drug-likeness (QED) is 0.603. The highest BCUT2D eigenvalue weighted by Gasteiger charge is 2.16. The minimum Gasteiger partial charge on any atom is -0.497 e. The van der Waals surface area contributed by atoms with E-state index in [0.29, 0.717) is 17.2 Å². The maximum absolute atomic E-state index is 12.2. The molecule has 0 spiro atoms. The Morgan fingerprint density at radius 3 is 2.36 bits per heavy atom. The second kappa shape index (κ2) is 8.98. The molecule has 7 heteroatoms. The fourth-order valence-corrected chi connectivity index (χ4v) is 2.48. The molecule has 2 aromatic carbocycles. The molecule has 132 valence electrons. The van der Waals surface area contributed by atoms with Crippen molar-refractivity contribution in [3.63, 3.8) is 0 Å². The molecule has 0 radical (unpaired) electrons. The fourth-order valence-electron chi connectivity index (χ4n) is 2.05. The topological polar surface area (TPSA) is 73.9 Å². The lowest BCUT2D eigenvalue weighted by atomic mass is 10.2. The maximum Gasteiger partial charge on any atom is 0.342 e. The van der Waals surface area contributed by atoms with E-state index in [2.05, 4.69) is 5.32 Å². The van der Waals surface area contributed by atoms with Gasteiger partial charge in [-0.15, -0.1) is 11.8 Å². The standard InChI is InChI=1S/C18H19NO5S/c1-22-13-6-4-12(5-7-13)19-17(20)11-24-18(21)15-9-8-14(25-3)10-16(15)23-2/h4-10H,11H2,1-3H3,(H,19,20). The molecule has 0 bridgehead atoms. The highest BCUT2D eigenvalue weighted by Crippen LogP contribution is 2.25. The molecule has 2 rings (SSSR count). The minimum atomic E-state index is -0.616. The van der Waals surface area contributed by atoms with Gasteiger partial charge in [-0.2, -0.15) is 0 Å². The summed E-state index contributed by atoms with van der Waals surface area (Å²) < 4.78 is 15.3. The molecular weight excluding hydrogens is 342 g/mol. The van der Waals surface area contributed by atoms with E-state index in [4.69, 9.17) is 14.2 Å². The molecule has 0 aromatic heterocycles. The number of hydrogen-bond acceptors (Lipinski definition) is 6. The van der Waals surface area contributed by atoms with Crippen molar-refractivity contribution in [2.24, 2.45) is 0 Å². The lowest BCUT2D eigenvalue weighted by Crippen LogP contribution is -2.21. The Morgan fingerprint density at radius 1 is 1.04 bits per heavy atom. The first kappa shape index (κ1) is 18.7. The van der Waals surface area contributed by atoms with Crippen LogP contribution in [0, 0.1) is 0 Å². The van der Waals surface area contributed by atoms with Gasteiger partial charge in [0.15, 0.2) is 6.61 Å². The first-order valence-electron chi connectivity index (χ1n) is 7.40. The Morgan fingerprint density at radius 2 is 1.76 bits per heavy atom. The van der Waals surface area contributed by atoms with Crippen LogP contribution >= 0.6 is 11.8 Å². The zero-order valence-electron chi connectivity index (χ0n) is 14.2. The van der Waals surface area contributed by atoms with Gasteiger partial charge in [0.1, 0.15) is 17.1 Å². The van der Waals surface area contributed by atoms with Crippen LogP contribution in [0.4, 0.5) is 5.69 Å². The summed E-state index contributed by atoms with van der Waals surface area (Å²) in [6.45, 7) is -0.391. The van der Waals surface area contributed by atoms with Gasteiger partial charge >= 0.3 is 5.97 Å². The van der Waals surface area contributed by atoms with E-state index < -0.39 is 18.5 Å². The van der Waals surface area contributed by atoms with E-state index in [-0.39, 0.29) is 5.56 Å². The van der Waals surface area contributed by atoms with Crippen molar-refractivity contribution in [1.29, 1.82) is 0 Å². The van der Waals surface area contributed by atoms with Gasteiger partial charge in [-0.25, -0.2) is 4.79 Å². The van der Waals surface area contributed by atoms with Gasteiger partial charge in [-0.3, -0.25) is 4.79 Å². The average Bonchev–Trinajstić information content (AvgIpc) is 2.66. The number of esters is 1. The number of ether oxygens (including phenoxy) is 3. The van der Waals surface area contributed by atoms with Crippen LogP contribution in [0.5, 0.6) is 11.5 Å². The molecular formula is C18H19NO5S. The molecule has 0 saturated carbocycles. The predicted octanol–water partition coefficient (Wildman–Crippen LogP) is 3.22. The first-order chi connectivity index (χ1) is 12.1. The number of methoxy groups -OCH3 is 2. The van der Waals surface area contributed by atoms with Crippen LogP contribution in [0.25, 0.3) is 0 Å². The third kappa shape index (κ3) is 5.15. The van der Waals surface area contributed by atoms with Gasteiger partial charge in [0.2, 0.25) is 0 Å². The van der Waals surface area contributed by atoms with Gasteiger partial charge in [0.05, 0.1) is 14.2 Å². The zero-order valence-corrected chi connectivity index (χ0v) is 15.0. The van der Waals surface area contributed by atoms with E-state index in [1.165, 1.54) is 18.9 Å². The number of benzene rings is 2. The summed E-state index contributed by atoms with van der Waals surface area (Å²) in [4.78, 5) is 25.0. The maximum atomic E-state index is 12.2. The molecule has 6 nitrogen and oxygen atoms in total. The number of rotatable bonds is 7. The van der Waals surface area contributed by atoms with Crippen LogP contribution in [0.2, 0.25) is 0 Å². The minimum absolute atomic E-state index is 0.276. The number of amides is 1. The third-order valence-corrected chi connectivity index (χ3v) is 4.06. The zero-order chi connectivity index (χ0) is 18.2. The van der Waals surface area contributed by atoms with E-state index in [0.717, 1.165) is 4.90 Å². The Labute approximate surface area is 150 Å². The van der Waals surface area contributed by atoms with Gasteiger partial charge in [-0.05, 0) is 48.7 Å². The van der Waals surface area contributed by atoms with Crippen LogP contribution in [-0.4, -0.2) is 39.0 Å². The van der Waals surface area contributed by atoms with Crippen molar-refractivity contribution < 1.29 is 23.8 Å². The van der Waals surface area contributed by atoms with Crippen molar-refractivity contribution in [3.8, 4) is 11.5 Å². The molecule has 0 atom stereocenters. The van der Waals surface area contributed by atoms with Crippen LogP contribution < -0.4 is 14.8 Å². The molecule has 0 aliphatic heterocycles. The van der Waals surface area contributed by atoms with E-state index in [1.54, 1.807) is 49.6 Å². The Hall–Kier alpha value is -2.67. The molecule has 0 unspecified atom stereocenters. The molecule has 0 aliphatic carbocycles. The van der Waals surface area contributed by atoms with Crippen molar-refractivity contribution >= 4 is 29.3 Å². The summed E-state index contributed by atoms with van der Waals surface area (Å²) in [5.41, 5.74) is 0.862. The second-order valence-corrected chi connectivity index (χ2v) is 5.80. The lowest BCUT2D eigenvalue weighted by Gasteiger charge is -2.10. The summed E-state index contributed by atoms with van der Waals surface area (Å²) in [6, 6.07) is 12.0. The van der Waals surface area contributed by atoms with Crippen molar-refractivity contribution in [1.82, 2.24) is 0 Å². The van der Waals surface area contributed by atoms with Crippen LogP contribution in [0.1, 0.15) is 10.4 Å². The Bertz CT molecular complexity index is 746. The van der Waals surface area contributed by atoms with Crippen molar-refractivity contribution in [2.75, 3.05) is 32.4 Å². The fraction of sp³-hybridized carbons (Fsp3) is 0.222. The summed E-state index contributed by atoms with van der Waals surface area (Å²) in [7, 11) is 3.04. The molecule has 2 aromatic rings. The molecule has 1 amide bonds. The van der Waals surface area contributed by atoms with E-state index in [9.17, 15) is 9.59 Å². The largest absolute Gasteiger partial charge is 0.497 e. The first-order valence-corrected chi connectivity index (χ1v) is 8.63. The molecule has 0 fully saturated rings. The Kier molecular flexibility index (Phi) is 6.71. The van der Waals surface area contributed by atoms with Gasteiger partial charge < -0.3 is 19.5 Å². The monoisotopic (exact) mass is 361 g/mol. The van der Waals surface area contributed by atoms with Crippen LogP contribution in [0.3, 0.4) is 0 Å². The molecule has 1 N–H and O–H groups in total. The highest BCUT2D eigenvalue weighted by molar-refractivity contribution is 7.98. The molecule has 25 heavy (non-hydrogen) atoms. The van der Waals surface area contributed by atoms with Gasteiger partial charge in [0.25, 0.3) is 5.91 Å². The van der Waals surface area contributed by atoms with Crippen molar-refractivity contribution in [3.05, 3.63) is 48.0 Å². The smallest absolute Gasteiger partial charge is 0.342 e. The van der Waals surface area contributed by atoms with Crippen molar-refractivity contribution in [2.45, 2.75) is 4.90 Å². The van der Waals surface area contributed by atoms with Gasteiger partial charge in [-0.1, -0.05) is 0 Å². The second-order valence-electron chi connectivity index (χ2n) is 4.92. The summed E-state index contributed by atoms with van der Waals surface area (Å²) >= 11 is 1.54. The molecule has 0 saturated heterocycles. The SMILES string of the molecule is COc1ccc(NC(=O)COC(=O)c2ccc(SC)cc2OC)cc1. The summed E-state index contributed by atoms with van der Waals surface area (Å²) in [6.07, 6.45) is 1.93. The predicted molar refractivity (Wildman–Crippen MR) is 96.7 cm³/mol. The number of thioether (sulfide) groups is 1. The number of hydrogen-bond donors (Lipinski definition) is 1. The normalized spacial score (nSPS) is 10.0. The molecule has 0 aliphatic rings. The summed E-state index contributed by atoms with van der Waals surface area (Å²) in [5.74, 6) is 0.0465. The number of nitrogens with one attached hydrogen (secondary N) is 1. The number of anilines is 1. The average molecular weight is 361 g/mol. The lowest BCUT2D eigenvalue weighted by molar-refractivity contribution is -0.119.